The number of aryl methyl sites for hydroxylation is 2. The zero-order valence-electron chi connectivity index (χ0n) is 13.7. The summed E-state index contributed by atoms with van der Waals surface area (Å²) in [4.78, 5) is 23.5. The van der Waals surface area contributed by atoms with Crippen molar-refractivity contribution < 1.29 is 14.3 Å². The van der Waals surface area contributed by atoms with Crippen LogP contribution in [0.5, 0.6) is 0 Å². The van der Waals surface area contributed by atoms with Crippen LogP contribution in [0.25, 0.3) is 0 Å². The second-order valence-electron chi connectivity index (χ2n) is 6.95. The molecular formula is C18H25NO3. The third-order valence-corrected chi connectivity index (χ3v) is 3.64. The molecule has 1 aliphatic rings. The second-order valence-corrected chi connectivity index (χ2v) is 6.95. The smallest absolute Gasteiger partial charge is 0.310 e. The Labute approximate surface area is 132 Å². The Kier molecular flexibility index (Phi) is 5.22. The molecule has 4 heteroatoms. The molecule has 1 aliphatic carbocycles. The first-order valence-corrected chi connectivity index (χ1v) is 7.91. The van der Waals surface area contributed by atoms with Gasteiger partial charge < -0.3 is 10.1 Å². The fourth-order valence-corrected chi connectivity index (χ4v) is 2.71. The number of rotatable bonds is 4. The number of fused-ring (bicyclic) bond motifs is 1. The van der Waals surface area contributed by atoms with Crippen LogP contribution in [-0.4, -0.2) is 24.0 Å². The molecular weight excluding hydrogens is 278 g/mol. The lowest BCUT2D eigenvalue weighted by molar-refractivity contribution is -0.148. The van der Waals surface area contributed by atoms with Crippen molar-refractivity contribution >= 4 is 11.9 Å². The summed E-state index contributed by atoms with van der Waals surface area (Å²) >= 11 is 0. The van der Waals surface area contributed by atoms with E-state index in [4.69, 9.17) is 4.74 Å². The van der Waals surface area contributed by atoms with Crippen molar-refractivity contribution in [2.24, 2.45) is 0 Å². The fraction of sp³-hybridized carbons (Fsp3) is 0.556. The second kappa shape index (κ2) is 6.95. The van der Waals surface area contributed by atoms with E-state index in [1.807, 2.05) is 26.8 Å². The number of hydrogen-bond acceptors (Lipinski definition) is 3. The zero-order valence-corrected chi connectivity index (χ0v) is 13.7. The molecule has 0 fully saturated rings. The highest BCUT2D eigenvalue weighted by Crippen LogP contribution is 2.22. The number of amides is 1. The van der Waals surface area contributed by atoms with Crippen LogP contribution in [0.15, 0.2) is 18.2 Å². The summed E-state index contributed by atoms with van der Waals surface area (Å²) in [6, 6.07) is 6.20. The highest BCUT2D eigenvalue weighted by Gasteiger charge is 2.16. The third kappa shape index (κ3) is 5.17. The fourth-order valence-electron chi connectivity index (χ4n) is 2.71. The van der Waals surface area contributed by atoms with Crippen LogP contribution in [0, 0.1) is 0 Å². The van der Waals surface area contributed by atoms with Gasteiger partial charge in [0.1, 0.15) is 0 Å². The molecule has 0 radical (unpaired) electrons. The lowest BCUT2D eigenvalue weighted by Crippen LogP contribution is -2.42. The first kappa shape index (κ1) is 16.5. The van der Waals surface area contributed by atoms with Crippen molar-refractivity contribution in [1.82, 2.24) is 5.32 Å². The summed E-state index contributed by atoms with van der Waals surface area (Å²) in [5.74, 6) is -0.633. The van der Waals surface area contributed by atoms with Gasteiger partial charge in [0.15, 0.2) is 6.61 Å². The maximum absolute atomic E-state index is 11.8. The van der Waals surface area contributed by atoms with Crippen molar-refractivity contribution in [2.45, 2.75) is 58.4 Å². The topological polar surface area (TPSA) is 55.4 Å². The number of nitrogens with one attached hydrogen (secondary N) is 1. The average Bonchev–Trinajstić information content (AvgIpc) is 2.43. The van der Waals surface area contributed by atoms with Crippen LogP contribution in [0.3, 0.4) is 0 Å². The minimum atomic E-state index is -0.361. The number of hydrogen-bond donors (Lipinski definition) is 1. The molecule has 0 spiro atoms. The van der Waals surface area contributed by atoms with Gasteiger partial charge in [-0.3, -0.25) is 9.59 Å². The number of ether oxygens (including phenoxy) is 1. The quantitative estimate of drug-likeness (QED) is 0.870. The van der Waals surface area contributed by atoms with Gasteiger partial charge >= 0.3 is 5.97 Å². The minimum absolute atomic E-state index is 0.218. The molecule has 120 valence electrons. The maximum Gasteiger partial charge on any atom is 0.310 e. The molecule has 1 amide bonds. The highest BCUT2D eigenvalue weighted by molar-refractivity contribution is 5.81. The minimum Gasteiger partial charge on any atom is -0.455 e. The summed E-state index contributed by atoms with van der Waals surface area (Å²) in [7, 11) is 0. The molecule has 0 unspecified atom stereocenters. The van der Waals surface area contributed by atoms with Crippen LogP contribution in [0.2, 0.25) is 0 Å². The zero-order chi connectivity index (χ0) is 16.2. The number of esters is 1. The molecule has 2 rings (SSSR count). The van der Waals surface area contributed by atoms with Gasteiger partial charge in [-0.1, -0.05) is 18.2 Å². The lowest BCUT2D eigenvalue weighted by Gasteiger charge is -2.20. The van der Waals surface area contributed by atoms with Crippen molar-refractivity contribution in [3.05, 3.63) is 34.9 Å². The predicted molar refractivity (Wildman–Crippen MR) is 85.6 cm³/mol. The number of benzene rings is 1. The van der Waals surface area contributed by atoms with Crippen LogP contribution in [0.1, 0.15) is 50.3 Å². The Morgan fingerprint density at radius 3 is 2.50 bits per heavy atom. The third-order valence-electron chi connectivity index (χ3n) is 3.64. The van der Waals surface area contributed by atoms with Crippen molar-refractivity contribution in [3.63, 3.8) is 0 Å². The summed E-state index contributed by atoms with van der Waals surface area (Å²) < 4.78 is 5.05. The molecule has 0 heterocycles. The van der Waals surface area contributed by atoms with E-state index < -0.39 is 0 Å². The molecule has 22 heavy (non-hydrogen) atoms. The summed E-state index contributed by atoms with van der Waals surface area (Å²) in [6.07, 6.45) is 4.90. The summed E-state index contributed by atoms with van der Waals surface area (Å²) in [5, 5.41) is 2.76. The standard InChI is InChI=1S/C18H25NO3/c1-18(2,3)19-16(20)12-22-17(21)11-13-8-9-14-6-4-5-7-15(14)10-13/h8-10H,4-7,11-12H2,1-3H3,(H,19,20). The molecule has 0 atom stereocenters. The van der Waals surface area contributed by atoms with E-state index in [0.717, 1.165) is 18.4 Å². The van der Waals surface area contributed by atoms with Gasteiger partial charge in [-0.25, -0.2) is 0 Å². The molecule has 0 aromatic heterocycles. The van der Waals surface area contributed by atoms with E-state index in [1.54, 1.807) is 0 Å². The molecule has 1 aromatic carbocycles. The van der Waals surface area contributed by atoms with E-state index >= 15 is 0 Å². The van der Waals surface area contributed by atoms with Crippen molar-refractivity contribution in [1.29, 1.82) is 0 Å². The first-order valence-electron chi connectivity index (χ1n) is 7.91. The Morgan fingerprint density at radius 1 is 1.14 bits per heavy atom. The highest BCUT2D eigenvalue weighted by atomic mass is 16.5. The van der Waals surface area contributed by atoms with Crippen LogP contribution in [-0.2, 0) is 33.6 Å². The van der Waals surface area contributed by atoms with E-state index in [1.165, 1.54) is 24.0 Å². The molecule has 0 aliphatic heterocycles. The Hall–Kier alpha value is -1.84. The average molecular weight is 303 g/mol. The van der Waals surface area contributed by atoms with E-state index in [2.05, 4.69) is 17.4 Å². The molecule has 1 N–H and O–H groups in total. The van der Waals surface area contributed by atoms with Crippen molar-refractivity contribution in [2.75, 3.05) is 6.61 Å². The molecule has 4 nitrogen and oxygen atoms in total. The monoisotopic (exact) mass is 303 g/mol. The van der Waals surface area contributed by atoms with Gasteiger partial charge in [0.2, 0.25) is 0 Å². The number of carbonyl (C=O) groups is 2. The van der Waals surface area contributed by atoms with E-state index in [9.17, 15) is 9.59 Å². The predicted octanol–water partition coefficient (Wildman–Crippen LogP) is 2.57. The Bertz CT molecular complexity index is 558. The van der Waals surface area contributed by atoms with Gasteiger partial charge in [0, 0.05) is 5.54 Å². The van der Waals surface area contributed by atoms with Crippen LogP contribution in [0.4, 0.5) is 0 Å². The SMILES string of the molecule is CC(C)(C)NC(=O)COC(=O)Cc1ccc2c(c1)CCCC2. The van der Waals surface area contributed by atoms with Gasteiger partial charge in [0.25, 0.3) is 5.91 Å². The first-order chi connectivity index (χ1) is 10.3. The summed E-state index contributed by atoms with van der Waals surface area (Å²) in [5.41, 5.74) is 3.39. The van der Waals surface area contributed by atoms with Gasteiger partial charge in [-0.15, -0.1) is 0 Å². The van der Waals surface area contributed by atoms with Crippen LogP contribution >= 0.6 is 0 Å². The lowest BCUT2D eigenvalue weighted by atomic mass is 9.90. The normalized spacial score (nSPS) is 14.1. The van der Waals surface area contributed by atoms with Gasteiger partial charge in [-0.2, -0.15) is 0 Å². The molecule has 1 aromatic rings. The van der Waals surface area contributed by atoms with E-state index in [0.29, 0.717) is 0 Å². The van der Waals surface area contributed by atoms with Crippen LogP contribution < -0.4 is 5.32 Å². The molecule has 0 saturated heterocycles. The Morgan fingerprint density at radius 2 is 1.82 bits per heavy atom. The van der Waals surface area contributed by atoms with Crippen molar-refractivity contribution in [3.8, 4) is 0 Å². The largest absolute Gasteiger partial charge is 0.455 e. The molecule has 0 bridgehead atoms. The maximum atomic E-state index is 11.8. The molecule has 0 saturated carbocycles. The van der Waals surface area contributed by atoms with E-state index in [-0.39, 0.29) is 30.4 Å². The number of carbonyl (C=O) groups excluding carboxylic acids is 2. The summed E-state index contributed by atoms with van der Waals surface area (Å²) in [6.45, 7) is 5.44. The Balaban J connectivity index is 1.83. The van der Waals surface area contributed by atoms with Gasteiger partial charge in [0.05, 0.1) is 6.42 Å². The van der Waals surface area contributed by atoms with Gasteiger partial charge in [-0.05, 0) is 63.1 Å².